The molecule has 4 saturated heterocycles. The Balaban J connectivity index is 0.0000000982. The van der Waals surface area contributed by atoms with Gasteiger partial charge in [-0.3, -0.25) is 38.4 Å². The van der Waals surface area contributed by atoms with Crippen LogP contribution in [-0.2, 0) is 57.3 Å². The molecular formula is C76H90O22. The monoisotopic (exact) mass is 1350 g/mol. The Bertz CT molecular complexity index is 3810. The fraction of sp³-hybridized carbons (Fsp3) is 0.711. The second-order valence-corrected chi connectivity index (χ2v) is 35.7. The summed E-state index contributed by atoms with van der Waals surface area (Å²) < 4.78 is 23.7. The van der Waals surface area contributed by atoms with E-state index in [1.807, 2.05) is 6.08 Å². The lowest BCUT2D eigenvalue weighted by Gasteiger charge is -2.44. The van der Waals surface area contributed by atoms with Crippen molar-refractivity contribution >= 4 is 47.8 Å². The lowest BCUT2D eigenvalue weighted by Crippen LogP contribution is -2.53. The third-order valence-corrected chi connectivity index (χ3v) is 32.7. The maximum absolute atomic E-state index is 12.7. The van der Waals surface area contributed by atoms with Gasteiger partial charge in [0, 0.05) is 47.3 Å². The molecule has 0 aromatic carbocycles. The summed E-state index contributed by atoms with van der Waals surface area (Å²) >= 11 is 0. The number of carboxylic acids is 4. The highest BCUT2D eigenvalue weighted by molar-refractivity contribution is 5.89. The van der Waals surface area contributed by atoms with Crippen molar-refractivity contribution in [1.82, 2.24) is 0 Å². The number of allylic oxidation sites excluding steroid dienone is 2. The number of carbonyl (C=O) groups is 8. The summed E-state index contributed by atoms with van der Waals surface area (Å²) in [6.45, 7) is 23.1. The third kappa shape index (κ3) is 6.82. The number of aliphatic carboxylic acids is 4. The maximum Gasteiger partial charge on any atom is 0.316 e. The zero-order valence-electron chi connectivity index (χ0n) is 55.8. The van der Waals surface area contributed by atoms with Gasteiger partial charge in [-0.2, -0.15) is 0 Å². The molecule has 0 aromatic heterocycles. The first kappa shape index (κ1) is 65.0. The summed E-state index contributed by atoms with van der Waals surface area (Å²) in [6, 6.07) is 0. The van der Waals surface area contributed by atoms with E-state index in [0.29, 0.717) is 93.6 Å². The Kier molecular flexibility index (Phi) is 12.6. The molecular weight excluding hydrogens is 1260 g/mol. The normalized spacial score (nSPS) is 57.6. The zero-order valence-corrected chi connectivity index (χ0v) is 55.8. The van der Waals surface area contributed by atoms with E-state index in [-0.39, 0.29) is 29.1 Å². The van der Waals surface area contributed by atoms with E-state index in [2.05, 4.69) is 26.3 Å². The molecule has 4 spiro atoms. The molecule has 526 valence electrons. The summed E-state index contributed by atoms with van der Waals surface area (Å²) in [6.07, 6.45) is 17.9. The lowest BCUT2D eigenvalue weighted by molar-refractivity contribution is -0.165. The highest BCUT2D eigenvalue weighted by Gasteiger charge is 2.88. The van der Waals surface area contributed by atoms with Crippen molar-refractivity contribution in [2.75, 3.05) is 0 Å². The number of ether oxygens (including phenoxy) is 4. The van der Waals surface area contributed by atoms with Gasteiger partial charge in [0.25, 0.3) is 0 Å². The number of carbonyl (C=O) groups excluding carboxylic acids is 4. The first-order valence-corrected chi connectivity index (χ1v) is 35.6. The average molecular weight is 1360 g/mol. The maximum atomic E-state index is 12.7. The number of fused-ring (bicyclic) bond motifs is 4. The van der Waals surface area contributed by atoms with Gasteiger partial charge in [0.05, 0.1) is 64.7 Å². The van der Waals surface area contributed by atoms with Crippen LogP contribution in [0.2, 0.25) is 0 Å². The predicted octanol–water partition coefficient (Wildman–Crippen LogP) is 6.10. The molecule has 10 N–H and O–H groups in total. The minimum Gasteiger partial charge on any atom is -0.481 e. The SMILES string of the molecule is C=C1C[C@]23C[C@@]1(O)CC[C@H]2[C@@]12C=C[C@H](O)[C@@](C)(C(=O)O1)[C@H]2[C@@H]3C(=O)O.C=C1C[C@]23C[C@@]1(O)CC[C@H]2[C@@]12C=C[C@H](O)[C@@](C)(C(=O)O1)[C@H]2[C@@H]3C(=O)O.C=C1C[C@]23C[C@H]1CC[C@H]2[C@@]12C=C[C@H](O)[C@@](C)(C(=O)O1)[C@H]2[C@@H]3C(=O)O.C=C1C[C@]23C[C@H]1CC[C@H]2[C@@]12CC[C@H](O)[C@@](C)(C(=O)O1)[C@H]2[C@@H]3C(=O)O. The molecule has 32 atom stereocenters. The Labute approximate surface area is 566 Å². The predicted molar refractivity (Wildman–Crippen MR) is 338 cm³/mol. The van der Waals surface area contributed by atoms with Crippen molar-refractivity contribution in [2.24, 2.45) is 126 Å². The van der Waals surface area contributed by atoms with Crippen LogP contribution in [-0.4, -0.2) is 157 Å². The molecule has 4 heterocycles. The van der Waals surface area contributed by atoms with Crippen LogP contribution >= 0.6 is 0 Å². The molecule has 0 aromatic rings. The van der Waals surface area contributed by atoms with Crippen LogP contribution < -0.4 is 0 Å². The molecule has 22 nitrogen and oxygen atoms in total. The van der Waals surface area contributed by atoms with Gasteiger partial charge < -0.3 is 70.0 Å². The number of aliphatic hydroxyl groups excluding tert-OH is 4. The molecule has 17 fully saturated rings. The van der Waals surface area contributed by atoms with E-state index >= 15 is 0 Å². The summed E-state index contributed by atoms with van der Waals surface area (Å²) in [5.74, 6) is -10.3. The number of carboxylic acid groups (broad SMARTS) is 4. The van der Waals surface area contributed by atoms with E-state index in [0.717, 1.165) is 50.5 Å². The number of aliphatic hydroxyl groups is 6. The summed E-state index contributed by atoms with van der Waals surface area (Å²) in [7, 11) is 0. The minimum absolute atomic E-state index is 0.00104. The largest absolute Gasteiger partial charge is 0.481 e. The van der Waals surface area contributed by atoms with E-state index in [1.165, 1.54) is 5.57 Å². The molecule has 16 aliphatic carbocycles. The second-order valence-electron chi connectivity index (χ2n) is 35.7. The van der Waals surface area contributed by atoms with Crippen molar-refractivity contribution in [3.8, 4) is 0 Å². The number of hydrogen-bond donors (Lipinski definition) is 10. The molecule has 0 unspecified atom stereocenters. The molecule has 4 aliphatic heterocycles. The smallest absolute Gasteiger partial charge is 0.316 e. The van der Waals surface area contributed by atoms with Gasteiger partial charge in [0.2, 0.25) is 0 Å². The molecule has 0 radical (unpaired) electrons. The Morgan fingerprint density at radius 1 is 0.418 bits per heavy atom. The van der Waals surface area contributed by atoms with Crippen LogP contribution in [0.3, 0.4) is 0 Å². The highest BCUT2D eigenvalue weighted by Crippen LogP contribution is 2.82. The van der Waals surface area contributed by atoms with Gasteiger partial charge in [-0.15, -0.1) is 0 Å². The van der Waals surface area contributed by atoms with Crippen LogP contribution in [0.1, 0.15) is 143 Å². The van der Waals surface area contributed by atoms with E-state index in [4.69, 9.17) is 18.9 Å². The molecule has 16 bridgehead atoms. The van der Waals surface area contributed by atoms with Crippen LogP contribution in [0.15, 0.2) is 85.1 Å². The fourth-order valence-corrected chi connectivity index (χ4v) is 29.1. The first-order valence-electron chi connectivity index (χ1n) is 35.6. The van der Waals surface area contributed by atoms with Gasteiger partial charge in [-0.05, 0) is 206 Å². The van der Waals surface area contributed by atoms with E-state index in [9.17, 15) is 89.4 Å². The molecule has 0 amide bonds. The standard InChI is InChI=1S/2C19H22O6.C19H24O5.C19H22O5/c2*1-9-7-17-8-18(9,24)5-3-10(17)19-6-4-11(20)16(2,15(23)25-19)13(19)12(17)14(21)22;2*1-9-7-18-8-10(9)3-4-11(18)19-6-5-12(20)17(2,16(23)24-19)14(19)13(18)15(21)22/h2*4,6,10-13,20,24H,1,3,5,7-8H2,2H3,(H,21,22);10-14,20H,1,3-8H2,2H3,(H,21,22);5-6,10-14,20H,1,3-4,7-8H2,2H3,(H,21,22)/t2*10-,11+,12-,13-,16-,17+,18+,19-;2*10-,11-,12+,13-,14-,17-,18+,19-/m1111/s1. The lowest BCUT2D eigenvalue weighted by atomic mass is 9.59. The Hall–Kier alpha value is -6.30. The quantitative estimate of drug-likeness (QED) is 0.0863. The van der Waals surface area contributed by atoms with Crippen LogP contribution in [0.5, 0.6) is 0 Å². The van der Waals surface area contributed by atoms with E-state index < -0.39 is 191 Å². The highest BCUT2D eigenvalue weighted by atomic mass is 16.6. The van der Waals surface area contributed by atoms with Gasteiger partial charge >= 0.3 is 47.8 Å². The van der Waals surface area contributed by atoms with Gasteiger partial charge in [-0.1, -0.05) is 55.7 Å². The molecule has 20 aliphatic rings. The van der Waals surface area contributed by atoms with Crippen LogP contribution in [0, 0.1) is 126 Å². The van der Waals surface area contributed by atoms with Crippen LogP contribution in [0.4, 0.5) is 0 Å². The topological polar surface area (TPSA) is 376 Å². The van der Waals surface area contributed by atoms with Crippen molar-refractivity contribution in [3.63, 3.8) is 0 Å². The number of rotatable bonds is 4. The first-order chi connectivity index (χ1) is 45.8. The molecule has 20 rings (SSSR count). The van der Waals surface area contributed by atoms with Crippen LogP contribution in [0.25, 0.3) is 0 Å². The summed E-state index contributed by atoms with van der Waals surface area (Å²) in [5.41, 5.74) is -8.84. The van der Waals surface area contributed by atoms with Gasteiger partial charge in [0.15, 0.2) is 0 Å². The molecule has 98 heavy (non-hydrogen) atoms. The minimum atomic E-state index is -1.27. The van der Waals surface area contributed by atoms with Crippen molar-refractivity contribution in [2.45, 2.75) is 201 Å². The number of esters is 4. The van der Waals surface area contributed by atoms with Crippen molar-refractivity contribution in [3.05, 3.63) is 85.1 Å². The Morgan fingerprint density at radius 3 is 1.14 bits per heavy atom. The zero-order chi connectivity index (χ0) is 70.1. The number of hydrogen-bond acceptors (Lipinski definition) is 18. The van der Waals surface area contributed by atoms with Gasteiger partial charge in [0.1, 0.15) is 38.6 Å². The van der Waals surface area contributed by atoms with E-state index in [1.54, 1.807) is 58.1 Å². The summed E-state index contributed by atoms with van der Waals surface area (Å²) in [5, 5.41) is 105. The third-order valence-electron chi connectivity index (χ3n) is 32.7. The second kappa shape index (κ2) is 19.1. The fourth-order valence-electron chi connectivity index (χ4n) is 29.1. The van der Waals surface area contributed by atoms with Crippen molar-refractivity contribution < 1.29 is 108 Å². The average Bonchev–Trinajstić information content (AvgIpc) is 1.51. The Morgan fingerprint density at radius 2 is 0.755 bits per heavy atom. The van der Waals surface area contributed by atoms with Gasteiger partial charge in [-0.25, -0.2) is 0 Å². The van der Waals surface area contributed by atoms with Crippen molar-refractivity contribution in [1.29, 1.82) is 0 Å². The molecule has 22 heteroatoms. The summed E-state index contributed by atoms with van der Waals surface area (Å²) in [4.78, 5) is 100. The molecule has 13 saturated carbocycles.